The third kappa shape index (κ3) is 9.87. The van der Waals surface area contributed by atoms with Crippen molar-refractivity contribution in [1.29, 1.82) is 0 Å². The minimum absolute atomic E-state index is 0.572. The van der Waals surface area contributed by atoms with Gasteiger partial charge in [0.25, 0.3) is 0 Å². The molecule has 0 saturated heterocycles. The van der Waals surface area contributed by atoms with Crippen LogP contribution in [0.2, 0.25) is 32.2 Å². The maximum absolute atomic E-state index is 6.51. The molecule has 0 aliphatic rings. The van der Waals surface area contributed by atoms with Crippen LogP contribution in [0.1, 0.15) is 20.3 Å². The molecule has 7 heteroatoms. The number of hydrogen-bond acceptors (Lipinski definition) is 4. The highest BCUT2D eigenvalue weighted by atomic mass is 28.5. The Hall–Kier alpha value is -0.289. The van der Waals surface area contributed by atoms with Gasteiger partial charge in [-0.25, -0.2) is 0 Å². The van der Waals surface area contributed by atoms with E-state index in [2.05, 4.69) is 45.9 Å². The van der Waals surface area contributed by atoms with E-state index in [1.54, 1.807) is 0 Å². The zero-order valence-electron chi connectivity index (χ0n) is 16.4. The van der Waals surface area contributed by atoms with E-state index in [0.717, 1.165) is 18.0 Å². The van der Waals surface area contributed by atoms with Crippen LogP contribution in [-0.2, 0) is 17.4 Å². The fourth-order valence-corrected chi connectivity index (χ4v) is 12.1. The van der Waals surface area contributed by atoms with E-state index in [4.69, 9.17) is 17.4 Å². The van der Waals surface area contributed by atoms with Gasteiger partial charge >= 0.3 is 8.80 Å². The Morgan fingerprint density at radius 2 is 1.50 bits per heavy atom. The van der Waals surface area contributed by atoms with Gasteiger partial charge < -0.3 is 17.4 Å². The number of hydrogen-bond donors (Lipinski definition) is 0. The number of rotatable bonds is 14. The van der Waals surface area contributed by atoms with Crippen LogP contribution >= 0.6 is 0 Å². The quantitative estimate of drug-likeness (QED) is 0.242. The molecule has 0 aromatic rings. The van der Waals surface area contributed by atoms with Crippen LogP contribution in [0.4, 0.5) is 0 Å². The highest BCUT2D eigenvalue weighted by Crippen LogP contribution is 2.27. The predicted octanol–water partition coefficient (Wildman–Crippen LogP) is 4.84. The third-order valence-electron chi connectivity index (χ3n) is 3.30. The van der Waals surface area contributed by atoms with Crippen LogP contribution in [0, 0.1) is 0 Å². The monoisotopic (exact) mass is 388 g/mol. The Kier molecular flexibility index (Phi) is 10.5. The molecule has 0 unspecified atom stereocenters. The van der Waals surface area contributed by atoms with Gasteiger partial charge in [0, 0.05) is 19.3 Å². The van der Waals surface area contributed by atoms with Gasteiger partial charge in [0.1, 0.15) is 0 Å². The van der Waals surface area contributed by atoms with E-state index in [-0.39, 0.29) is 0 Å². The van der Waals surface area contributed by atoms with Crippen LogP contribution in [0.5, 0.6) is 0 Å². The summed E-state index contributed by atoms with van der Waals surface area (Å²) in [5, 5.41) is 0. The summed E-state index contributed by atoms with van der Waals surface area (Å²) in [6, 6.07) is 0.742. The fraction of sp³-hybridized carbons (Fsp3) is 0.647. The summed E-state index contributed by atoms with van der Waals surface area (Å²) in [7, 11) is -6.89. The van der Waals surface area contributed by atoms with Crippen molar-refractivity contribution in [2.24, 2.45) is 0 Å². The van der Waals surface area contributed by atoms with Crippen molar-refractivity contribution in [3.05, 3.63) is 36.7 Å². The van der Waals surface area contributed by atoms with Crippen molar-refractivity contribution in [1.82, 2.24) is 0 Å². The lowest BCUT2D eigenvalue weighted by atomic mass is 10.4. The summed E-state index contributed by atoms with van der Waals surface area (Å²) in [5.74, 6) is 0. The first-order chi connectivity index (χ1) is 11.0. The van der Waals surface area contributed by atoms with Crippen LogP contribution < -0.4 is 0 Å². The molecule has 0 bridgehead atoms. The van der Waals surface area contributed by atoms with E-state index in [0.29, 0.717) is 19.8 Å². The van der Waals surface area contributed by atoms with Crippen LogP contribution in [-0.4, -0.2) is 45.3 Å². The van der Waals surface area contributed by atoms with Crippen molar-refractivity contribution in [2.45, 2.75) is 52.5 Å². The molecule has 0 aromatic carbocycles. The average Bonchev–Trinajstić information content (AvgIpc) is 2.46. The molecule has 0 heterocycles. The van der Waals surface area contributed by atoms with Crippen LogP contribution in [0.25, 0.3) is 0 Å². The van der Waals surface area contributed by atoms with Crippen molar-refractivity contribution in [3.63, 3.8) is 0 Å². The second kappa shape index (κ2) is 10.6. The zero-order valence-corrected chi connectivity index (χ0v) is 19.4. The lowest BCUT2D eigenvalue weighted by molar-refractivity contribution is 0.140. The summed E-state index contributed by atoms with van der Waals surface area (Å²) in [4.78, 5) is 0. The van der Waals surface area contributed by atoms with Gasteiger partial charge in [0.15, 0.2) is 0 Å². The lowest BCUT2D eigenvalue weighted by Gasteiger charge is -2.39. The Morgan fingerprint density at radius 1 is 1.00 bits per heavy atom. The normalized spacial score (nSPS) is 12.9. The van der Waals surface area contributed by atoms with Crippen molar-refractivity contribution >= 4 is 25.4 Å². The van der Waals surface area contributed by atoms with Gasteiger partial charge in [-0.2, -0.15) is 0 Å². The van der Waals surface area contributed by atoms with E-state index < -0.39 is 25.4 Å². The molecule has 140 valence electrons. The van der Waals surface area contributed by atoms with E-state index >= 15 is 0 Å². The van der Waals surface area contributed by atoms with Gasteiger partial charge in [-0.3, -0.25) is 0 Å². The largest absolute Gasteiger partial charge is 0.480 e. The molecule has 0 spiro atoms. The molecule has 4 nitrogen and oxygen atoms in total. The molecule has 0 aromatic heterocycles. The molecular formula is C17H36O4Si3. The van der Waals surface area contributed by atoms with Crippen molar-refractivity contribution in [3.8, 4) is 0 Å². The van der Waals surface area contributed by atoms with Crippen molar-refractivity contribution < 1.29 is 17.4 Å². The van der Waals surface area contributed by atoms with E-state index in [1.807, 2.05) is 25.2 Å². The molecule has 0 aliphatic heterocycles. The van der Waals surface area contributed by atoms with Crippen molar-refractivity contribution in [2.75, 3.05) is 19.8 Å². The predicted molar refractivity (Wildman–Crippen MR) is 110 cm³/mol. The molecular weight excluding hydrogens is 352 g/mol. The molecule has 0 fully saturated rings. The summed E-state index contributed by atoms with van der Waals surface area (Å²) in [6.45, 7) is 25.9. The molecule has 0 rings (SSSR count). The smallest absolute Gasteiger partial charge is 0.412 e. The SMILES string of the molecule is C=C[Si](C)(C)O[Si](CCCOCC(=C)C)(OCC)O[Si](C)(C)C=C. The summed E-state index contributed by atoms with van der Waals surface area (Å²) >= 11 is 0. The Bertz CT molecular complexity index is 400. The summed E-state index contributed by atoms with van der Waals surface area (Å²) < 4.78 is 24.8. The molecule has 0 aliphatic carbocycles. The van der Waals surface area contributed by atoms with E-state index in [9.17, 15) is 0 Å². The third-order valence-corrected chi connectivity index (χ3v) is 13.7. The summed E-state index contributed by atoms with van der Waals surface area (Å²) in [6.07, 6.45) is 0.836. The minimum Gasteiger partial charge on any atom is -0.412 e. The maximum Gasteiger partial charge on any atom is 0.480 e. The molecule has 0 amide bonds. The second-order valence-corrected chi connectivity index (χ2v) is 18.1. The topological polar surface area (TPSA) is 36.9 Å². The highest BCUT2D eigenvalue weighted by molar-refractivity contribution is 6.89. The first kappa shape index (κ1) is 23.7. The first-order valence-corrected chi connectivity index (χ1v) is 16.5. The van der Waals surface area contributed by atoms with Crippen LogP contribution in [0.3, 0.4) is 0 Å². The second-order valence-electron chi connectivity index (χ2n) is 7.05. The van der Waals surface area contributed by atoms with Gasteiger partial charge in [-0.1, -0.05) is 23.6 Å². The minimum atomic E-state index is -2.81. The zero-order chi connectivity index (χ0) is 18.9. The highest BCUT2D eigenvalue weighted by Gasteiger charge is 2.47. The fourth-order valence-electron chi connectivity index (χ4n) is 2.00. The van der Waals surface area contributed by atoms with Gasteiger partial charge in [0.05, 0.1) is 6.61 Å². The Labute approximate surface area is 152 Å². The Morgan fingerprint density at radius 3 is 1.88 bits per heavy atom. The summed E-state index contributed by atoms with van der Waals surface area (Å²) in [5.41, 5.74) is 4.88. The molecule has 0 saturated carbocycles. The Balaban J connectivity index is 5.15. The maximum atomic E-state index is 6.51. The van der Waals surface area contributed by atoms with Gasteiger partial charge in [-0.15, -0.1) is 13.2 Å². The van der Waals surface area contributed by atoms with Crippen LogP contribution in [0.15, 0.2) is 36.7 Å². The molecule has 0 N–H and O–H groups in total. The first-order valence-electron chi connectivity index (χ1n) is 8.55. The molecule has 24 heavy (non-hydrogen) atoms. The standard InChI is InChI=1S/C17H36O4Si3/c1-10-19-24(20-22(6,7)11-2,21-23(8,9)12-3)15-13-14-18-16-17(4)5/h11-12H,2-4,10,13-16H2,1,5-9H3. The number of ether oxygens (including phenoxy) is 1. The average molecular weight is 389 g/mol. The van der Waals surface area contributed by atoms with E-state index in [1.165, 1.54) is 0 Å². The lowest BCUT2D eigenvalue weighted by Crippen LogP contribution is -2.57. The molecule has 0 atom stereocenters. The van der Waals surface area contributed by atoms with Gasteiger partial charge in [0.2, 0.25) is 16.6 Å². The molecule has 0 radical (unpaired) electrons. The van der Waals surface area contributed by atoms with Gasteiger partial charge in [-0.05, 0) is 46.5 Å².